The first-order chi connectivity index (χ1) is 8.72. The molecule has 2 heterocycles. The maximum atomic E-state index is 5.72. The normalized spacial score (nSPS) is 10.6. The fourth-order valence-electron chi connectivity index (χ4n) is 1.71. The molecular formula is C13H16BrN3O. The summed E-state index contributed by atoms with van der Waals surface area (Å²) >= 11 is 3.37. The molecule has 0 fully saturated rings. The summed E-state index contributed by atoms with van der Waals surface area (Å²) in [6, 6.07) is 4.00. The minimum absolute atomic E-state index is 0.513. The SMILES string of the molecule is CCc1cc(COc2cncc(Br)c2)n(CC)n1. The van der Waals surface area contributed by atoms with Crippen LogP contribution in [0.2, 0.25) is 0 Å². The van der Waals surface area contributed by atoms with Crippen LogP contribution in [0.3, 0.4) is 0 Å². The fraction of sp³-hybridized carbons (Fsp3) is 0.385. The van der Waals surface area contributed by atoms with E-state index in [2.05, 4.69) is 45.9 Å². The van der Waals surface area contributed by atoms with Gasteiger partial charge in [-0.25, -0.2) is 0 Å². The summed E-state index contributed by atoms with van der Waals surface area (Å²) in [4.78, 5) is 4.07. The van der Waals surface area contributed by atoms with Crippen molar-refractivity contribution in [3.05, 3.63) is 40.4 Å². The molecule has 2 rings (SSSR count). The van der Waals surface area contributed by atoms with E-state index in [0.29, 0.717) is 6.61 Å². The second-order valence-corrected chi connectivity index (χ2v) is 4.84. The number of rotatable bonds is 5. The molecule has 2 aromatic rings. The lowest BCUT2D eigenvalue weighted by molar-refractivity contribution is 0.291. The molecule has 0 aliphatic carbocycles. The zero-order valence-electron chi connectivity index (χ0n) is 10.6. The van der Waals surface area contributed by atoms with Gasteiger partial charge in [0.25, 0.3) is 0 Å². The van der Waals surface area contributed by atoms with Crippen LogP contribution in [0.5, 0.6) is 5.75 Å². The first-order valence-corrected chi connectivity index (χ1v) is 6.81. The van der Waals surface area contributed by atoms with Crippen LogP contribution in [0.1, 0.15) is 25.2 Å². The van der Waals surface area contributed by atoms with Crippen LogP contribution in [0, 0.1) is 0 Å². The fourth-order valence-corrected chi connectivity index (χ4v) is 2.05. The molecule has 0 atom stereocenters. The summed E-state index contributed by atoms with van der Waals surface area (Å²) < 4.78 is 8.61. The Balaban J connectivity index is 2.07. The predicted molar refractivity (Wildman–Crippen MR) is 73.5 cm³/mol. The van der Waals surface area contributed by atoms with E-state index in [1.54, 1.807) is 12.4 Å². The molecule has 0 aliphatic rings. The Morgan fingerprint density at radius 3 is 2.78 bits per heavy atom. The molecule has 0 N–H and O–H groups in total. The van der Waals surface area contributed by atoms with Crippen molar-refractivity contribution < 1.29 is 4.74 Å². The lowest BCUT2D eigenvalue weighted by Gasteiger charge is -2.07. The minimum atomic E-state index is 0.513. The number of aromatic nitrogens is 3. The minimum Gasteiger partial charge on any atom is -0.486 e. The topological polar surface area (TPSA) is 39.9 Å². The summed E-state index contributed by atoms with van der Waals surface area (Å²) in [5.74, 6) is 0.756. The van der Waals surface area contributed by atoms with Crippen molar-refractivity contribution in [2.24, 2.45) is 0 Å². The average Bonchev–Trinajstić information content (AvgIpc) is 2.79. The zero-order valence-corrected chi connectivity index (χ0v) is 12.1. The molecule has 96 valence electrons. The number of pyridine rings is 1. The van der Waals surface area contributed by atoms with Gasteiger partial charge >= 0.3 is 0 Å². The van der Waals surface area contributed by atoms with Crippen LogP contribution in [0.15, 0.2) is 29.0 Å². The highest BCUT2D eigenvalue weighted by Crippen LogP contribution is 2.17. The molecule has 0 radical (unpaired) electrons. The molecule has 0 saturated carbocycles. The van der Waals surface area contributed by atoms with Gasteiger partial charge in [-0.2, -0.15) is 5.10 Å². The molecule has 0 spiro atoms. The van der Waals surface area contributed by atoms with Gasteiger partial charge in [0.15, 0.2) is 0 Å². The van der Waals surface area contributed by atoms with Crippen molar-refractivity contribution in [2.45, 2.75) is 33.4 Å². The zero-order chi connectivity index (χ0) is 13.0. The maximum absolute atomic E-state index is 5.72. The van der Waals surface area contributed by atoms with E-state index in [-0.39, 0.29) is 0 Å². The van der Waals surface area contributed by atoms with E-state index in [1.165, 1.54) is 0 Å². The summed E-state index contributed by atoms with van der Waals surface area (Å²) in [5.41, 5.74) is 2.19. The Bertz CT molecular complexity index is 525. The largest absolute Gasteiger partial charge is 0.486 e. The van der Waals surface area contributed by atoms with Gasteiger partial charge < -0.3 is 4.74 Å². The Morgan fingerprint density at radius 2 is 2.11 bits per heavy atom. The Labute approximate surface area is 115 Å². The first kappa shape index (κ1) is 13.1. The van der Waals surface area contributed by atoms with Crippen LogP contribution >= 0.6 is 15.9 Å². The molecule has 0 amide bonds. The number of ether oxygens (including phenoxy) is 1. The van der Waals surface area contributed by atoms with Crippen molar-refractivity contribution in [1.29, 1.82) is 0 Å². The quantitative estimate of drug-likeness (QED) is 0.851. The third kappa shape index (κ3) is 3.10. The van der Waals surface area contributed by atoms with Crippen molar-refractivity contribution in [2.75, 3.05) is 0 Å². The van der Waals surface area contributed by atoms with Crippen LogP contribution in [0.25, 0.3) is 0 Å². The number of nitrogens with zero attached hydrogens (tertiary/aromatic N) is 3. The average molecular weight is 310 g/mol. The van der Waals surface area contributed by atoms with Crippen LogP contribution in [0.4, 0.5) is 0 Å². The van der Waals surface area contributed by atoms with E-state index in [1.807, 2.05) is 10.7 Å². The van der Waals surface area contributed by atoms with Gasteiger partial charge in [-0.15, -0.1) is 0 Å². The van der Waals surface area contributed by atoms with E-state index in [4.69, 9.17) is 4.74 Å². The summed E-state index contributed by atoms with van der Waals surface area (Å²) in [6.07, 6.45) is 4.38. The molecule has 5 heteroatoms. The highest BCUT2D eigenvalue weighted by molar-refractivity contribution is 9.10. The van der Waals surface area contributed by atoms with Gasteiger partial charge in [0.05, 0.1) is 17.6 Å². The number of aryl methyl sites for hydroxylation is 2. The second kappa shape index (κ2) is 6.00. The van der Waals surface area contributed by atoms with Crippen molar-refractivity contribution in [3.63, 3.8) is 0 Å². The van der Waals surface area contributed by atoms with Gasteiger partial charge in [0, 0.05) is 17.2 Å². The van der Waals surface area contributed by atoms with Gasteiger partial charge in [-0.1, -0.05) is 6.92 Å². The molecule has 0 bridgehead atoms. The maximum Gasteiger partial charge on any atom is 0.139 e. The molecule has 0 aromatic carbocycles. The summed E-state index contributed by atoms with van der Waals surface area (Å²) in [7, 11) is 0. The molecule has 4 nitrogen and oxygen atoms in total. The third-order valence-electron chi connectivity index (χ3n) is 2.64. The third-order valence-corrected chi connectivity index (χ3v) is 3.08. The molecule has 0 saturated heterocycles. The van der Waals surface area contributed by atoms with Crippen molar-refractivity contribution >= 4 is 15.9 Å². The molecule has 0 aliphatic heterocycles. The molecule has 0 unspecified atom stereocenters. The van der Waals surface area contributed by atoms with Gasteiger partial charge in [0.1, 0.15) is 12.4 Å². The van der Waals surface area contributed by atoms with Crippen molar-refractivity contribution in [3.8, 4) is 5.75 Å². The van der Waals surface area contributed by atoms with Crippen molar-refractivity contribution in [1.82, 2.24) is 14.8 Å². The monoisotopic (exact) mass is 309 g/mol. The van der Waals surface area contributed by atoms with Crippen LogP contribution < -0.4 is 4.74 Å². The highest BCUT2D eigenvalue weighted by atomic mass is 79.9. The van der Waals surface area contributed by atoms with Crippen LogP contribution in [-0.4, -0.2) is 14.8 Å². The lowest BCUT2D eigenvalue weighted by atomic mass is 10.3. The van der Waals surface area contributed by atoms with E-state index in [0.717, 1.165) is 34.6 Å². The Hall–Kier alpha value is -1.36. The number of halogens is 1. The summed E-state index contributed by atoms with van der Waals surface area (Å²) in [6.45, 7) is 5.55. The smallest absolute Gasteiger partial charge is 0.139 e. The molecule has 18 heavy (non-hydrogen) atoms. The molecular weight excluding hydrogens is 294 g/mol. The lowest BCUT2D eigenvalue weighted by Crippen LogP contribution is -2.06. The standard InChI is InChI=1S/C13H16BrN3O/c1-3-11-6-12(17(4-2)16-11)9-18-13-5-10(14)7-15-8-13/h5-8H,3-4,9H2,1-2H3. The van der Waals surface area contributed by atoms with Crippen LogP contribution in [-0.2, 0) is 19.6 Å². The Kier molecular flexibility index (Phi) is 4.36. The Morgan fingerprint density at radius 1 is 1.28 bits per heavy atom. The van der Waals surface area contributed by atoms with E-state index in [9.17, 15) is 0 Å². The summed E-state index contributed by atoms with van der Waals surface area (Å²) in [5, 5.41) is 4.49. The molecule has 2 aromatic heterocycles. The second-order valence-electron chi connectivity index (χ2n) is 3.92. The number of hydrogen-bond acceptors (Lipinski definition) is 3. The first-order valence-electron chi connectivity index (χ1n) is 6.01. The van der Waals surface area contributed by atoms with Gasteiger partial charge in [0.2, 0.25) is 0 Å². The number of hydrogen-bond donors (Lipinski definition) is 0. The van der Waals surface area contributed by atoms with E-state index < -0.39 is 0 Å². The predicted octanol–water partition coefficient (Wildman–Crippen LogP) is 3.20. The highest BCUT2D eigenvalue weighted by Gasteiger charge is 2.06. The van der Waals surface area contributed by atoms with Gasteiger partial charge in [-0.05, 0) is 41.4 Å². The van der Waals surface area contributed by atoms with Gasteiger partial charge in [-0.3, -0.25) is 9.67 Å². The van der Waals surface area contributed by atoms with E-state index >= 15 is 0 Å².